The molecule has 2 aromatic rings. The first-order valence-corrected chi connectivity index (χ1v) is 9.97. The number of rotatable bonds is 4. The fourth-order valence-corrected chi connectivity index (χ4v) is 4.87. The summed E-state index contributed by atoms with van der Waals surface area (Å²) in [5.74, 6) is -0.994. The molecule has 1 aromatic carbocycles. The zero-order chi connectivity index (χ0) is 21.4. The van der Waals surface area contributed by atoms with Gasteiger partial charge in [-0.2, -0.15) is 4.31 Å². The Hall–Kier alpha value is -2.67. The average molecular weight is 433 g/mol. The molecule has 9 nitrogen and oxygen atoms in total. The molecule has 29 heavy (non-hydrogen) atoms. The van der Waals surface area contributed by atoms with Crippen LogP contribution in [0.5, 0.6) is 5.75 Å². The van der Waals surface area contributed by atoms with Crippen molar-refractivity contribution < 1.29 is 31.1 Å². The molecular weight excluding hydrogens is 415 g/mol. The maximum Gasteiger partial charge on any atom is 0.573 e. The van der Waals surface area contributed by atoms with Crippen molar-refractivity contribution >= 4 is 15.9 Å². The van der Waals surface area contributed by atoms with E-state index >= 15 is 0 Å². The number of sulfonamides is 1. The van der Waals surface area contributed by atoms with E-state index in [2.05, 4.69) is 20.1 Å². The minimum atomic E-state index is -4.93. The van der Waals surface area contributed by atoms with Crippen molar-refractivity contribution in [3.05, 3.63) is 36.2 Å². The highest BCUT2D eigenvalue weighted by Crippen LogP contribution is 2.29. The van der Waals surface area contributed by atoms with E-state index in [0.717, 1.165) is 12.1 Å². The number of hydrogen-bond acceptors (Lipinski definition) is 6. The number of nitrogens with one attached hydrogen (secondary N) is 1. The zero-order valence-corrected chi connectivity index (χ0v) is 16.2. The second-order valence-electron chi connectivity index (χ2n) is 6.62. The van der Waals surface area contributed by atoms with E-state index in [1.54, 1.807) is 13.8 Å². The van der Waals surface area contributed by atoms with Gasteiger partial charge in [0.25, 0.3) is 5.91 Å². The second kappa shape index (κ2) is 7.63. The number of amides is 1. The molecule has 1 aliphatic heterocycles. The average Bonchev–Trinajstić information content (AvgIpc) is 3.16. The normalized spacial score (nSPS) is 21.2. The summed E-state index contributed by atoms with van der Waals surface area (Å²) >= 11 is 0. The van der Waals surface area contributed by atoms with Crippen LogP contribution in [0.25, 0.3) is 0 Å². The first kappa shape index (κ1) is 21.0. The van der Waals surface area contributed by atoms with E-state index in [1.807, 2.05) is 0 Å². The topological polar surface area (TPSA) is 108 Å². The molecular formula is C16H18F3N5O4S. The number of aromatic nitrogens is 3. The Morgan fingerprint density at radius 2 is 1.97 bits per heavy atom. The molecule has 1 aliphatic rings. The SMILES string of the molecule is C[C@@H]1CN(C(=O)c2cnn[nH]2)[C@@H](C)CN1S(=O)(=O)c1cccc(OC(F)(F)F)c1. The fraction of sp³-hybridized carbons (Fsp3) is 0.438. The van der Waals surface area contributed by atoms with Crippen molar-refractivity contribution in [1.82, 2.24) is 24.6 Å². The van der Waals surface area contributed by atoms with Crippen LogP contribution in [0.2, 0.25) is 0 Å². The first-order valence-electron chi connectivity index (χ1n) is 8.53. The number of halogens is 3. The van der Waals surface area contributed by atoms with Crippen molar-refractivity contribution in [3.63, 3.8) is 0 Å². The van der Waals surface area contributed by atoms with E-state index in [4.69, 9.17) is 0 Å². The maximum absolute atomic E-state index is 13.0. The van der Waals surface area contributed by atoms with Crippen molar-refractivity contribution in [2.24, 2.45) is 0 Å². The summed E-state index contributed by atoms with van der Waals surface area (Å²) in [7, 11) is -4.11. The maximum atomic E-state index is 13.0. The fourth-order valence-electron chi connectivity index (χ4n) is 3.14. The Labute approximate surface area is 164 Å². The lowest BCUT2D eigenvalue weighted by molar-refractivity contribution is -0.274. The summed E-state index contributed by atoms with van der Waals surface area (Å²) in [5, 5.41) is 9.52. The smallest absolute Gasteiger partial charge is 0.406 e. The molecule has 0 spiro atoms. The minimum absolute atomic E-state index is 0.0266. The number of piperazine rings is 1. The minimum Gasteiger partial charge on any atom is -0.406 e. The summed E-state index contributed by atoms with van der Waals surface area (Å²) in [5.41, 5.74) is 0.178. The Morgan fingerprint density at radius 1 is 1.24 bits per heavy atom. The van der Waals surface area contributed by atoms with Gasteiger partial charge >= 0.3 is 6.36 Å². The molecule has 13 heteroatoms. The Balaban J connectivity index is 1.82. The van der Waals surface area contributed by atoms with E-state index in [1.165, 1.54) is 27.5 Å². The number of carbonyl (C=O) groups is 1. The van der Waals surface area contributed by atoms with Crippen LogP contribution in [0, 0.1) is 0 Å². The monoisotopic (exact) mass is 433 g/mol. The summed E-state index contributed by atoms with van der Waals surface area (Å²) in [4.78, 5) is 13.7. The highest BCUT2D eigenvalue weighted by Gasteiger charge is 2.39. The zero-order valence-electron chi connectivity index (χ0n) is 15.4. The van der Waals surface area contributed by atoms with E-state index in [0.29, 0.717) is 0 Å². The number of nitrogens with zero attached hydrogens (tertiary/aromatic N) is 4. The lowest BCUT2D eigenvalue weighted by atomic mass is 10.1. The molecule has 0 unspecified atom stereocenters. The molecule has 158 valence electrons. The summed E-state index contributed by atoms with van der Waals surface area (Å²) in [6, 6.07) is 3.13. The molecule has 0 radical (unpaired) electrons. The van der Waals surface area contributed by atoms with Gasteiger partial charge in [0, 0.05) is 31.2 Å². The standard InChI is InChI=1S/C16H18F3N5O4S/c1-10-9-24(11(2)8-23(10)15(25)14-7-20-22-21-14)29(26,27)13-5-3-4-12(6-13)28-16(17,18)19/h3-7,10-11H,8-9H2,1-2H3,(H,20,21,22)/t10-,11+/m0/s1. The van der Waals surface area contributed by atoms with Gasteiger partial charge in [-0.15, -0.1) is 18.3 Å². The largest absolute Gasteiger partial charge is 0.573 e. The van der Waals surface area contributed by atoms with Crippen molar-refractivity contribution in [2.75, 3.05) is 13.1 Å². The quantitative estimate of drug-likeness (QED) is 0.785. The second-order valence-corrected chi connectivity index (χ2v) is 8.51. The Kier molecular flexibility index (Phi) is 5.54. The van der Waals surface area contributed by atoms with E-state index < -0.39 is 34.2 Å². The van der Waals surface area contributed by atoms with Gasteiger partial charge in [0.05, 0.1) is 11.1 Å². The van der Waals surface area contributed by atoms with Gasteiger partial charge in [0.2, 0.25) is 10.0 Å². The third-order valence-electron chi connectivity index (χ3n) is 4.48. The Bertz CT molecular complexity index is 981. The van der Waals surface area contributed by atoms with Crippen LogP contribution in [-0.2, 0) is 10.0 Å². The van der Waals surface area contributed by atoms with Crippen LogP contribution in [0.1, 0.15) is 24.3 Å². The van der Waals surface area contributed by atoms with Gasteiger partial charge in [-0.1, -0.05) is 11.3 Å². The Morgan fingerprint density at radius 3 is 2.59 bits per heavy atom. The number of H-pyrrole nitrogens is 1. The number of benzene rings is 1. The molecule has 2 atom stereocenters. The predicted octanol–water partition coefficient (Wildman–Crippen LogP) is 1.63. The highest BCUT2D eigenvalue weighted by atomic mass is 32.2. The highest BCUT2D eigenvalue weighted by molar-refractivity contribution is 7.89. The molecule has 0 aliphatic carbocycles. The molecule has 0 saturated carbocycles. The van der Waals surface area contributed by atoms with Crippen LogP contribution in [0.15, 0.2) is 35.4 Å². The molecule has 0 bridgehead atoms. The number of aromatic amines is 1. The number of carbonyl (C=O) groups excluding carboxylic acids is 1. The molecule has 1 saturated heterocycles. The summed E-state index contributed by atoms with van der Waals surface area (Å²) in [6.45, 7) is 3.36. The van der Waals surface area contributed by atoms with Crippen LogP contribution in [0.3, 0.4) is 0 Å². The molecule has 1 amide bonds. The van der Waals surface area contributed by atoms with Crippen molar-refractivity contribution in [2.45, 2.75) is 37.2 Å². The van der Waals surface area contributed by atoms with Gasteiger partial charge in [-0.25, -0.2) is 8.42 Å². The van der Waals surface area contributed by atoms with E-state index in [-0.39, 0.29) is 29.6 Å². The van der Waals surface area contributed by atoms with Gasteiger partial charge in [0.15, 0.2) is 0 Å². The van der Waals surface area contributed by atoms with E-state index in [9.17, 15) is 26.4 Å². The van der Waals surface area contributed by atoms with Crippen LogP contribution >= 0.6 is 0 Å². The van der Waals surface area contributed by atoms with Gasteiger partial charge < -0.3 is 9.64 Å². The number of hydrogen-bond donors (Lipinski definition) is 1. The molecule has 2 heterocycles. The number of ether oxygens (including phenoxy) is 1. The van der Waals surface area contributed by atoms with Crippen LogP contribution < -0.4 is 4.74 Å². The first-order chi connectivity index (χ1) is 13.5. The van der Waals surface area contributed by atoms with Gasteiger partial charge in [-0.3, -0.25) is 9.89 Å². The van der Waals surface area contributed by atoms with Crippen LogP contribution in [0.4, 0.5) is 13.2 Å². The van der Waals surface area contributed by atoms with Crippen molar-refractivity contribution in [1.29, 1.82) is 0 Å². The summed E-state index contributed by atoms with van der Waals surface area (Å²) < 4.78 is 68.4. The molecule has 3 rings (SSSR count). The van der Waals surface area contributed by atoms with Gasteiger partial charge in [0.1, 0.15) is 11.4 Å². The molecule has 1 N–H and O–H groups in total. The number of alkyl halides is 3. The van der Waals surface area contributed by atoms with Crippen molar-refractivity contribution in [3.8, 4) is 5.75 Å². The molecule has 1 fully saturated rings. The third-order valence-corrected chi connectivity index (χ3v) is 6.46. The lowest BCUT2D eigenvalue weighted by Gasteiger charge is -2.43. The third kappa shape index (κ3) is 4.50. The van der Waals surface area contributed by atoms with Crippen LogP contribution in [-0.4, -0.2) is 70.5 Å². The van der Waals surface area contributed by atoms with Gasteiger partial charge in [-0.05, 0) is 26.0 Å². The molecule has 1 aromatic heterocycles. The predicted molar refractivity (Wildman–Crippen MR) is 93.4 cm³/mol. The lowest BCUT2D eigenvalue weighted by Crippen LogP contribution is -2.59. The summed E-state index contributed by atoms with van der Waals surface area (Å²) in [6.07, 6.45) is -3.66.